The van der Waals surface area contributed by atoms with Crippen LogP contribution in [0.2, 0.25) is 0 Å². The fraction of sp³-hybridized carbons (Fsp3) is 0.526. The van der Waals surface area contributed by atoms with Crippen molar-refractivity contribution in [2.75, 3.05) is 46.9 Å². The number of hydrogen-bond acceptors (Lipinski definition) is 7. The molecule has 0 spiro atoms. The molecule has 0 saturated carbocycles. The molecule has 1 saturated heterocycles. The SMILES string of the molecule is CC[NH+]1CCN(C(=O)[C@H](C)Sc2nnc(-c3cc(OC)cc(OC)c3)o2)CC1. The van der Waals surface area contributed by atoms with Gasteiger partial charge in [0.25, 0.3) is 5.22 Å². The van der Waals surface area contributed by atoms with Crippen LogP contribution in [0.1, 0.15) is 13.8 Å². The average molecular weight is 408 g/mol. The number of nitrogens with zero attached hydrogens (tertiary/aromatic N) is 3. The minimum absolute atomic E-state index is 0.114. The number of ether oxygens (including phenoxy) is 2. The van der Waals surface area contributed by atoms with Gasteiger partial charge in [-0.05, 0) is 26.0 Å². The van der Waals surface area contributed by atoms with E-state index in [1.165, 1.54) is 11.8 Å². The zero-order chi connectivity index (χ0) is 20.1. The van der Waals surface area contributed by atoms with Crippen LogP contribution in [-0.4, -0.2) is 73.2 Å². The molecule has 8 nitrogen and oxygen atoms in total. The topological polar surface area (TPSA) is 82.1 Å². The molecule has 1 aromatic heterocycles. The highest BCUT2D eigenvalue weighted by molar-refractivity contribution is 8.00. The molecule has 1 atom stereocenters. The molecule has 1 amide bonds. The first kappa shape index (κ1) is 20.5. The minimum atomic E-state index is -0.281. The van der Waals surface area contributed by atoms with Crippen LogP contribution < -0.4 is 14.4 Å². The van der Waals surface area contributed by atoms with E-state index in [1.807, 2.05) is 11.8 Å². The van der Waals surface area contributed by atoms with Crippen molar-refractivity contribution in [3.63, 3.8) is 0 Å². The normalized spacial score (nSPS) is 16.1. The van der Waals surface area contributed by atoms with E-state index in [0.717, 1.165) is 32.7 Å². The maximum Gasteiger partial charge on any atom is 0.277 e. The first-order valence-electron chi connectivity index (χ1n) is 9.40. The number of quaternary nitrogens is 1. The van der Waals surface area contributed by atoms with Crippen molar-refractivity contribution >= 4 is 17.7 Å². The van der Waals surface area contributed by atoms with Crippen LogP contribution in [0.3, 0.4) is 0 Å². The third-order valence-corrected chi connectivity index (χ3v) is 5.83. The van der Waals surface area contributed by atoms with E-state index in [2.05, 4.69) is 17.1 Å². The number of likely N-dealkylation sites (N-methyl/N-ethyl adjacent to an activating group) is 1. The van der Waals surface area contributed by atoms with Gasteiger partial charge in [-0.3, -0.25) is 4.79 Å². The van der Waals surface area contributed by atoms with Gasteiger partial charge < -0.3 is 23.7 Å². The van der Waals surface area contributed by atoms with E-state index in [4.69, 9.17) is 13.9 Å². The van der Waals surface area contributed by atoms with Crippen molar-refractivity contribution in [3.8, 4) is 23.0 Å². The molecular weight excluding hydrogens is 380 g/mol. The summed E-state index contributed by atoms with van der Waals surface area (Å²) in [6, 6.07) is 5.37. The Morgan fingerprint density at radius 3 is 2.43 bits per heavy atom. The molecule has 2 heterocycles. The Kier molecular flexibility index (Phi) is 6.79. The lowest BCUT2D eigenvalue weighted by molar-refractivity contribution is -0.902. The molecular formula is C19H27N4O4S+. The minimum Gasteiger partial charge on any atom is -0.497 e. The summed E-state index contributed by atoms with van der Waals surface area (Å²) in [5, 5.41) is 8.28. The number of hydrogen-bond donors (Lipinski definition) is 1. The molecule has 1 fully saturated rings. The maximum absolute atomic E-state index is 12.7. The molecule has 1 N–H and O–H groups in total. The molecule has 28 heavy (non-hydrogen) atoms. The summed E-state index contributed by atoms with van der Waals surface area (Å²) in [6.45, 7) is 8.76. The second kappa shape index (κ2) is 9.29. The van der Waals surface area contributed by atoms with Crippen molar-refractivity contribution in [1.29, 1.82) is 0 Å². The number of thioether (sulfide) groups is 1. The van der Waals surface area contributed by atoms with Crippen molar-refractivity contribution in [3.05, 3.63) is 18.2 Å². The van der Waals surface area contributed by atoms with Crippen LogP contribution in [0.25, 0.3) is 11.5 Å². The van der Waals surface area contributed by atoms with Gasteiger partial charge in [-0.1, -0.05) is 11.8 Å². The zero-order valence-corrected chi connectivity index (χ0v) is 17.5. The number of piperazine rings is 1. The van der Waals surface area contributed by atoms with Gasteiger partial charge in [0.15, 0.2) is 0 Å². The molecule has 0 radical (unpaired) electrons. The Morgan fingerprint density at radius 1 is 1.21 bits per heavy atom. The highest BCUT2D eigenvalue weighted by Gasteiger charge is 2.28. The van der Waals surface area contributed by atoms with Crippen LogP contribution >= 0.6 is 11.8 Å². The van der Waals surface area contributed by atoms with Gasteiger partial charge in [0.2, 0.25) is 11.8 Å². The smallest absolute Gasteiger partial charge is 0.277 e. The molecule has 9 heteroatoms. The summed E-state index contributed by atoms with van der Waals surface area (Å²) in [7, 11) is 3.17. The highest BCUT2D eigenvalue weighted by Crippen LogP contribution is 2.31. The van der Waals surface area contributed by atoms with Gasteiger partial charge >= 0.3 is 0 Å². The quantitative estimate of drug-likeness (QED) is 0.685. The number of methoxy groups -OCH3 is 2. The second-order valence-electron chi connectivity index (χ2n) is 6.66. The Hall–Kier alpha value is -2.26. The second-order valence-corrected chi connectivity index (χ2v) is 7.96. The highest BCUT2D eigenvalue weighted by atomic mass is 32.2. The molecule has 3 rings (SSSR count). The third kappa shape index (κ3) is 4.77. The summed E-state index contributed by atoms with van der Waals surface area (Å²) in [5.41, 5.74) is 0.702. The Morgan fingerprint density at radius 2 is 1.86 bits per heavy atom. The number of nitrogens with one attached hydrogen (secondary N) is 1. The fourth-order valence-electron chi connectivity index (χ4n) is 3.16. The van der Waals surface area contributed by atoms with E-state index in [-0.39, 0.29) is 11.2 Å². The lowest BCUT2D eigenvalue weighted by atomic mass is 10.2. The molecule has 152 valence electrons. The van der Waals surface area contributed by atoms with Gasteiger partial charge in [0.05, 0.1) is 52.2 Å². The lowest BCUT2D eigenvalue weighted by Crippen LogP contribution is -3.14. The molecule has 1 aliphatic rings. The van der Waals surface area contributed by atoms with Crippen molar-refractivity contribution < 1.29 is 23.6 Å². The predicted octanol–water partition coefficient (Wildman–Crippen LogP) is 0.981. The average Bonchev–Trinajstić information content (AvgIpc) is 3.21. The monoisotopic (exact) mass is 407 g/mol. The summed E-state index contributed by atoms with van der Waals surface area (Å²) < 4.78 is 16.3. The lowest BCUT2D eigenvalue weighted by Gasteiger charge is -2.32. The van der Waals surface area contributed by atoms with E-state index >= 15 is 0 Å². The fourth-order valence-corrected chi connectivity index (χ4v) is 3.93. The molecule has 1 aliphatic heterocycles. The maximum atomic E-state index is 12.7. The zero-order valence-electron chi connectivity index (χ0n) is 16.7. The van der Waals surface area contributed by atoms with Crippen LogP contribution in [-0.2, 0) is 4.79 Å². The van der Waals surface area contributed by atoms with E-state index < -0.39 is 0 Å². The Balaban J connectivity index is 1.65. The number of carbonyl (C=O) groups is 1. The third-order valence-electron chi connectivity index (χ3n) is 4.91. The summed E-state index contributed by atoms with van der Waals surface area (Å²) in [5.74, 6) is 1.75. The Labute approximate surface area is 169 Å². The van der Waals surface area contributed by atoms with Gasteiger partial charge in [0.1, 0.15) is 11.5 Å². The first-order valence-corrected chi connectivity index (χ1v) is 10.3. The van der Waals surface area contributed by atoms with Gasteiger partial charge in [0, 0.05) is 11.6 Å². The van der Waals surface area contributed by atoms with E-state index in [9.17, 15) is 4.79 Å². The summed E-state index contributed by atoms with van der Waals surface area (Å²) >= 11 is 1.29. The molecule has 0 aliphatic carbocycles. The number of amides is 1. The largest absolute Gasteiger partial charge is 0.497 e. The predicted molar refractivity (Wildman–Crippen MR) is 106 cm³/mol. The number of aromatic nitrogens is 2. The van der Waals surface area contributed by atoms with E-state index in [1.54, 1.807) is 37.3 Å². The molecule has 1 aromatic carbocycles. The number of rotatable bonds is 7. The van der Waals surface area contributed by atoms with Crippen molar-refractivity contribution in [2.45, 2.75) is 24.3 Å². The van der Waals surface area contributed by atoms with Crippen molar-refractivity contribution in [2.24, 2.45) is 0 Å². The molecule has 0 bridgehead atoms. The van der Waals surface area contributed by atoms with E-state index in [0.29, 0.717) is 28.2 Å². The Bertz CT molecular complexity index is 783. The van der Waals surface area contributed by atoms with Crippen LogP contribution in [0.15, 0.2) is 27.8 Å². The summed E-state index contributed by atoms with van der Waals surface area (Å²) in [4.78, 5) is 16.2. The first-order chi connectivity index (χ1) is 13.5. The van der Waals surface area contributed by atoms with Gasteiger partial charge in [-0.25, -0.2) is 0 Å². The molecule has 2 aromatic rings. The number of benzene rings is 1. The van der Waals surface area contributed by atoms with Crippen LogP contribution in [0.4, 0.5) is 0 Å². The molecule has 0 unspecified atom stereocenters. The standard InChI is InChI=1S/C19H26N4O4S/c1-5-22-6-8-23(9-7-22)18(24)13(2)28-19-21-20-17(27-19)14-10-15(25-3)12-16(11-14)26-4/h10-13H,5-9H2,1-4H3/p+1/t13-/m0/s1. The van der Waals surface area contributed by atoms with Crippen LogP contribution in [0, 0.1) is 0 Å². The van der Waals surface area contributed by atoms with Crippen LogP contribution in [0.5, 0.6) is 11.5 Å². The number of carbonyl (C=O) groups excluding carboxylic acids is 1. The van der Waals surface area contributed by atoms with Gasteiger partial charge in [-0.15, -0.1) is 10.2 Å². The van der Waals surface area contributed by atoms with Gasteiger partial charge in [-0.2, -0.15) is 0 Å². The van der Waals surface area contributed by atoms with Crippen molar-refractivity contribution in [1.82, 2.24) is 15.1 Å². The summed E-state index contributed by atoms with van der Waals surface area (Å²) in [6.07, 6.45) is 0.